The first-order valence-electron chi connectivity index (χ1n) is 6.64. The third-order valence-corrected chi connectivity index (χ3v) is 3.54. The van der Waals surface area contributed by atoms with Gasteiger partial charge in [-0.1, -0.05) is 0 Å². The first kappa shape index (κ1) is 14.0. The molecule has 1 aromatic heterocycles. The van der Waals surface area contributed by atoms with Crippen LogP contribution in [0.5, 0.6) is 0 Å². The van der Waals surface area contributed by atoms with Gasteiger partial charge in [-0.2, -0.15) is 0 Å². The Morgan fingerprint density at radius 1 is 1.26 bits per heavy atom. The molecule has 106 valence electrons. The molecule has 0 saturated carbocycles. The van der Waals surface area contributed by atoms with E-state index >= 15 is 0 Å². The third kappa shape index (κ3) is 4.04. The highest BCUT2D eigenvalue weighted by atomic mass is 16.4. The second-order valence-electron chi connectivity index (χ2n) is 5.01. The van der Waals surface area contributed by atoms with E-state index in [1.807, 2.05) is 13.8 Å². The second kappa shape index (κ2) is 6.16. The Labute approximate surface area is 113 Å². The molecule has 19 heavy (non-hydrogen) atoms. The van der Waals surface area contributed by atoms with E-state index < -0.39 is 5.97 Å². The number of rotatable bonds is 5. The van der Waals surface area contributed by atoms with Crippen molar-refractivity contribution in [2.24, 2.45) is 0 Å². The Hall–Kier alpha value is -1.40. The van der Waals surface area contributed by atoms with Crippen LogP contribution in [0.4, 0.5) is 0 Å². The van der Waals surface area contributed by atoms with Crippen LogP contribution in [0, 0.1) is 13.8 Å². The number of carbonyl (C=O) groups is 1. The highest BCUT2D eigenvalue weighted by molar-refractivity contribution is 5.66. The summed E-state index contributed by atoms with van der Waals surface area (Å²) in [4.78, 5) is 19.4. The molecule has 2 heterocycles. The summed E-state index contributed by atoms with van der Waals surface area (Å²) in [7, 11) is 0. The summed E-state index contributed by atoms with van der Waals surface area (Å²) in [5.74, 6) is 0.928. The minimum Gasteiger partial charge on any atom is -0.481 e. The van der Waals surface area contributed by atoms with E-state index in [1.54, 1.807) is 0 Å². The van der Waals surface area contributed by atoms with Crippen molar-refractivity contribution >= 4 is 5.97 Å². The Morgan fingerprint density at radius 3 is 2.42 bits per heavy atom. The molecule has 6 heteroatoms. The van der Waals surface area contributed by atoms with E-state index in [0.717, 1.165) is 50.1 Å². The predicted molar refractivity (Wildman–Crippen MR) is 69.9 cm³/mol. The van der Waals surface area contributed by atoms with E-state index in [2.05, 4.69) is 14.8 Å². The van der Waals surface area contributed by atoms with Gasteiger partial charge in [0, 0.05) is 32.7 Å². The van der Waals surface area contributed by atoms with E-state index in [0.29, 0.717) is 6.54 Å². The number of piperazine rings is 1. The first-order chi connectivity index (χ1) is 9.04. The van der Waals surface area contributed by atoms with Crippen LogP contribution in [0.25, 0.3) is 0 Å². The molecule has 0 amide bonds. The van der Waals surface area contributed by atoms with Crippen LogP contribution in [0.1, 0.15) is 23.8 Å². The fourth-order valence-corrected chi connectivity index (χ4v) is 2.22. The molecule has 1 fully saturated rings. The fourth-order valence-electron chi connectivity index (χ4n) is 2.22. The Bertz CT molecular complexity index is 417. The standard InChI is InChI=1S/C13H21N3O3/c1-10-11(2)19-12(14-10)9-16-7-5-15(6-8-16)4-3-13(17)18/h3-9H2,1-2H3,(H,17,18). The molecule has 6 nitrogen and oxygen atoms in total. The zero-order valence-electron chi connectivity index (χ0n) is 11.6. The van der Waals surface area contributed by atoms with Gasteiger partial charge >= 0.3 is 5.97 Å². The summed E-state index contributed by atoms with van der Waals surface area (Å²) < 4.78 is 5.58. The normalized spacial score (nSPS) is 17.8. The largest absolute Gasteiger partial charge is 0.481 e. The lowest BCUT2D eigenvalue weighted by atomic mass is 10.3. The summed E-state index contributed by atoms with van der Waals surface area (Å²) in [6.07, 6.45) is 0.220. The van der Waals surface area contributed by atoms with Gasteiger partial charge in [-0.3, -0.25) is 9.69 Å². The molecule has 0 spiro atoms. The van der Waals surface area contributed by atoms with Crippen molar-refractivity contribution in [2.75, 3.05) is 32.7 Å². The molecule has 1 aromatic rings. The number of aryl methyl sites for hydroxylation is 2. The van der Waals surface area contributed by atoms with Gasteiger partial charge < -0.3 is 14.4 Å². The molecule has 0 atom stereocenters. The summed E-state index contributed by atoms with van der Waals surface area (Å²) in [6.45, 7) is 8.93. The molecular formula is C13H21N3O3. The lowest BCUT2D eigenvalue weighted by Gasteiger charge is -2.33. The van der Waals surface area contributed by atoms with E-state index in [-0.39, 0.29) is 6.42 Å². The number of nitrogens with zero attached hydrogens (tertiary/aromatic N) is 3. The van der Waals surface area contributed by atoms with Gasteiger partial charge in [0.1, 0.15) is 5.76 Å². The van der Waals surface area contributed by atoms with Crippen LogP contribution >= 0.6 is 0 Å². The number of carboxylic acid groups (broad SMARTS) is 1. The van der Waals surface area contributed by atoms with Gasteiger partial charge in [0.2, 0.25) is 5.89 Å². The lowest BCUT2D eigenvalue weighted by molar-refractivity contribution is -0.137. The van der Waals surface area contributed by atoms with Crippen LogP contribution in [-0.2, 0) is 11.3 Å². The maximum Gasteiger partial charge on any atom is 0.304 e. The molecule has 0 radical (unpaired) electrons. The zero-order valence-corrected chi connectivity index (χ0v) is 11.6. The highest BCUT2D eigenvalue weighted by Crippen LogP contribution is 2.12. The molecule has 0 aromatic carbocycles. The number of aromatic nitrogens is 1. The number of hydrogen-bond donors (Lipinski definition) is 1. The molecule has 2 rings (SSSR count). The first-order valence-corrected chi connectivity index (χ1v) is 6.64. The van der Waals surface area contributed by atoms with E-state index in [9.17, 15) is 4.79 Å². The number of carboxylic acids is 1. The quantitative estimate of drug-likeness (QED) is 0.854. The number of oxazole rings is 1. The second-order valence-corrected chi connectivity index (χ2v) is 5.01. The van der Waals surface area contributed by atoms with Crippen molar-refractivity contribution in [3.63, 3.8) is 0 Å². The molecule has 0 aliphatic carbocycles. The van der Waals surface area contributed by atoms with Crippen LogP contribution in [0.3, 0.4) is 0 Å². The average molecular weight is 267 g/mol. The Kier molecular flexibility index (Phi) is 4.55. The maximum absolute atomic E-state index is 10.5. The third-order valence-electron chi connectivity index (χ3n) is 3.54. The number of aliphatic carboxylic acids is 1. The van der Waals surface area contributed by atoms with Gasteiger partial charge in [-0.05, 0) is 13.8 Å². The molecule has 1 aliphatic rings. The minimum absolute atomic E-state index is 0.220. The van der Waals surface area contributed by atoms with Crippen LogP contribution in [0.2, 0.25) is 0 Å². The van der Waals surface area contributed by atoms with E-state index in [4.69, 9.17) is 9.52 Å². The molecule has 0 bridgehead atoms. The van der Waals surface area contributed by atoms with Crippen molar-refractivity contribution in [1.29, 1.82) is 0 Å². The zero-order chi connectivity index (χ0) is 13.8. The highest BCUT2D eigenvalue weighted by Gasteiger charge is 2.19. The van der Waals surface area contributed by atoms with Gasteiger partial charge in [0.25, 0.3) is 0 Å². The molecule has 1 N–H and O–H groups in total. The van der Waals surface area contributed by atoms with Gasteiger partial charge in [-0.25, -0.2) is 4.98 Å². The van der Waals surface area contributed by atoms with Crippen LogP contribution in [0.15, 0.2) is 4.42 Å². The fraction of sp³-hybridized carbons (Fsp3) is 0.692. The van der Waals surface area contributed by atoms with Crippen LogP contribution < -0.4 is 0 Å². The maximum atomic E-state index is 10.5. The van der Waals surface area contributed by atoms with Gasteiger partial charge in [0.05, 0.1) is 18.7 Å². The SMILES string of the molecule is Cc1nc(CN2CCN(CCC(=O)O)CC2)oc1C. The molecule has 0 unspecified atom stereocenters. The molecule has 1 saturated heterocycles. The summed E-state index contributed by atoms with van der Waals surface area (Å²) in [5.41, 5.74) is 0.954. The van der Waals surface area contributed by atoms with Gasteiger partial charge in [0.15, 0.2) is 0 Å². The monoisotopic (exact) mass is 267 g/mol. The number of hydrogen-bond acceptors (Lipinski definition) is 5. The van der Waals surface area contributed by atoms with Crippen molar-refractivity contribution in [3.8, 4) is 0 Å². The Balaban J connectivity index is 1.75. The van der Waals surface area contributed by atoms with E-state index in [1.165, 1.54) is 0 Å². The minimum atomic E-state index is -0.729. The van der Waals surface area contributed by atoms with Crippen molar-refractivity contribution in [3.05, 3.63) is 17.3 Å². The Morgan fingerprint density at radius 2 is 1.89 bits per heavy atom. The average Bonchev–Trinajstić information content (AvgIpc) is 2.67. The van der Waals surface area contributed by atoms with Crippen molar-refractivity contribution in [1.82, 2.24) is 14.8 Å². The summed E-state index contributed by atoms with van der Waals surface area (Å²) in [6, 6.07) is 0. The van der Waals surface area contributed by atoms with Gasteiger partial charge in [-0.15, -0.1) is 0 Å². The topological polar surface area (TPSA) is 69.8 Å². The van der Waals surface area contributed by atoms with Crippen molar-refractivity contribution in [2.45, 2.75) is 26.8 Å². The van der Waals surface area contributed by atoms with Crippen LogP contribution in [-0.4, -0.2) is 58.6 Å². The lowest BCUT2D eigenvalue weighted by Crippen LogP contribution is -2.46. The molecular weight excluding hydrogens is 246 g/mol. The van der Waals surface area contributed by atoms with Crippen molar-refractivity contribution < 1.29 is 14.3 Å². The summed E-state index contributed by atoms with van der Waals surface area (Å²) >= 11 is 0. The molecule has 1 aliphatic heterocycles. The predicted octanol–water partition coefficient (Wildman–Crippen LogP) is 0.884. The smallest absolute Gasteiger partial charge is 0.304 e. The summed E-state index contributed by atoms with van der Waals surface area (Å²) in [5, 5.41) is 8.66.